The molecule has 0 radical (unpaired) electrons. The van der Waals surface area contributed by atoms with Gasteiger partial charge in [0.15, 0.2) is 0 Å². The maximum Gasteiger partial charge on any atom is 0.317 e. The SMILES string of the molecule is CCOCCCO[C@@H](c1cccc(Cl)c1)[C@@H]1CCCN(C(=O)N[C@H](CN)CC2CCCCC2)C1.CCOCCCO[C@@H](c1cccc(F)c1)[C@@H]1CCCN(C(=O)N[C@H](CNC)CC2CCCCC2)C1.CNC[C@H](CC1CCCCC1)NC(=O)N1CCC[C@@H]([C@@](O)(CCCCO)c2cccc(Cl)c2)C1.COCCCC[C@@](O)(c1cccc(Cl)c1)[C@@H]1CCCN(C(=O)N[C@H](CN)CC2CCCCC2)C1. The van der Waals surface area contributed by atoms with Gasteiger partial charge in [0.05, 0.1) is 23.4 Å². The zero-order valence-corrected chi connectivity index (χ0v) is 86.5. The Bertz CT molecular complexity index is 3980. The zero-order valence-electron chi connectivity index (χ0n) is 84.2. The van der Waals surface area contributed by atoms with Gasteiger partial charge in [-0.05, 0) is 251 Å². The summed E-state index contributed by atoms with van der Waals surface area (Å²) in [6.07, 6.45) is 42.8. The molecule has 4 saturated carbocycles. The summed E-state index contributed by atoms with van der Waals surface area (Å²) in [5, 5.41) is 54.7. The summed E-state index contributed by atoms with van der Waals surface area (Å²) < 4.78 is 42.8. The van der Waals surface area contributed by atoms with E-state index in [0.29, 0.717) is 156 Å². The van der Waals surface area contributed by atoms with Gasteiger partial charge in [0.1, 0.15) is 5.82 Å². The number of unbranched alkanes of at least 4 members (excludes halogenated alkanes) is 2. The van der Waals surface area contributed by atoms with E-state index in [1.54, 1.807) is 19.2 Å². The van der Waals surface area contributed by atoms with Gasteiger partial charge in [0.2, 0.25) is 0 Å². The summed E-state index contributed by atoms with van der Waals surface area (Å²) in [4.78, 5) is 60.6. The number of aliphatic hydroxyl groups excluding tert-OH is 1. The number of likely N-dealkylation sites (tertiary alicyclic amines) is 4. The fourth-order valence-electron chi connectivity index (χ4n) is 22.9. The molecule has 4 heterocycles. The Balaban J connectivity index is 0.000000205. The van der Waals surface area contributed by atoms with Gasteiger partial charge in [-0.2, -0.15) is 0 Å². The largest absolute Gasteiger partial charge is 0.396 e. The Morgan fingerprint density at radius 3 is 1.13 bits per heavy atom. The number of rotatable bonds is 47. The lowest BCUT2D eigenvalue weighted by molar-refractivity contribution is -0.0566. The average molecular weight is 1970 g/mol. The van der Waals surface area contributed by atoms with E-state index < -0.39 is 11.2 Å². The van der Waals surface area contributed by atoms with Crippen LogP contribution in [-0.4, -0.2) is 236 Å². The smallest absolute Gasteiger partial charge is 0.317 e. The number of hydrogen-bond acceptors (Lipinski definition) is 16. The molecule has 28 heteroatoms. The molecule has 0 aromatic heterocycles. The molecule has 0 spiro atoms. The molecule has 0 unspecified atom stereocenters. The van der Waals surface area contributed by atoms with Crippen molar-refractivity contribution in [2.45, 2.75) is 318 Å². The third-order valence-electron chi connectivity index (χ3n) is 30.3. The highest BCUT2D eigenvalue weighted by Crippen LogP contribution is 2.45. The molecule has 0 bridgehead atoms. The van der Waals surface area contributed by atoms with Crippen molar-refractivity contribution >= 4 is 58.9 Å². The van der Waals surface area contributed by atoms with Gasteiger partial charge in [-0.3, -0.25) is 0 Å². The first-order chi connectivity index (χ1) is 66.6. The van der Waals surface area contributed by atoms with Crippen molar-refractivity contribution in [3.8, 4) is 0 Å². The zero-order chi connectivity index (χ0) is 97.8. The standard InChI is InChI=1S/C28H46FN3O3.3C27H44ClN3O3/c1-3-34-16-9-17-35-27(23-12-7-14-25(29)19-23)24-13-8-15-32(21-24)28(33)31-26(20-30-2)18-22-10-5-4-6-11-22;1-34-16-6-5-14-27(33,22-11-7-13-24(28)18-22)23-12-8-15-31(20-23)26(32)30-25(19-29)17-21-9-3-2-4-10-21;1-29-19-25(17-21-9-3-2-4-10-21)30-26(33)31-15-8-12-23(20-31)27(34,14-5-6-16-32)22-11-7-13-24(28)18-22;1-2-33-15-8-16-34-26(22-11-6-13-24(28)18-22)23-12-7-14-31(20-23)27(32)30-25(19-29)17-21-9-4-3-5-10-21/h7,12,14,19,22,24,26-27,30H,3-6,8-11,13,15-18,20-21H2,1-2H3,(H,31,33);7,11,13,18,21,23,25,33H,2-6,8-10,12,14-17,19-20,29H2,1H3,(H,30,32);7,11,13,18,21,23,25,29,32,34H,2-6,8-10,12,14-17,19-20H2,1H3,(H,30,33);6,11,13,18,21,23,25-26H,2-5,7-10,12,14-17,19-20,29H2,1H3,(H,30,32)/t24-,26+,27+;2*23-,25+,27-;23-,25+,26+/m1111/s1. The number of piperidine rings is 4. The molecule has 12 atom stereocenters. The highest BCUT2D eigenvalue weighted by Gasteiger charge is 2.45. The third-order valence-corrected chi connectivity index (χ3v) is 31.0. The number of nitrogens with zero attached hydrogens (tertiary/aromatic N) is 4. The number of likely N-dealkylation sites (N-methyl/N-ethyl adjacent to an activating group) is 2. The van der Waals surface area contributed by atoms with Crippen LogP contribution in [0.3, 0.4) is 0 Å². The minimum atomic E-state index is -1.08. The highest BCUT2D eigenvalue weighted by atomic mass is 35.5. The van der Waals surface area contributed by atoms with Gasteiger partial charge in [0, 0.05) is 201 Å². The van der Waals surface area contributed by atoms with Gasteiger partial charge >= 0.3 is 24.1 Å². The Hall–Kier alpha value is -5.72. The molecule has 137 heavy (non-hydrogen) atoms. The van der Waals surface area contributed by atoms with E-state index in [9.17, 15) is 38.9 Å². The summed E-state index contributed by atoms with van der Waals surface area (Å²) in [6, 6.07) is 29.9. The minimum Gasteiger partial charge on any atom is -0.396 e. The molecular weight excluding hydrogens is 1790 g/mol. The van der Waals surface area contributed by atoms with Gasteiger partial charge in [0.25, 0.3) is 0 Å². The summed E-state index contributed by atoms with van der Waals surface area (Å²) in [5.74, 6) is 2.72. The van der Waals surface area contributed by atoms with Crippen molar-refractivity contribution < 1.29 is 62.6 Å². The number of aliphatic hydroxyl groups is 3. The van der Waals surface area contributed by atoms with Crippen molar-refractivity contribution in [3.05, 3.63) is 140 Å². The Labute approximate surface area is 837 Å². The molecule has 12 rings (SSSR count). The van der Waals surface area contributed by atoms with E-state index in [2.05, 4.69) is 38.0 Å². The summed E-state index contributed by atoms with van der Waals surface area (Å²) >= 11 is 18.9. The number of benzene rings is 4. The molecule has 774 valence electrons. The molecule has 4 aliphatic carbocycles. The summed E-state index contributed by atoms with van der Waals surface area (Å²) in [6.45, 7) is 16.5. The third kappa shape index (κ3) is 40.1. The molecule has 4 saturated heterocycles. The fourth-order valence-corrected chi connectivity index (χ4v) is 23.5. The quantitative estimate of drug-likeness (QED) is 0.0183. The van der Waals surface area contributed by atoms with E-state index in [4.69, 9.17) is 70.0 Å². The van der Waals surface area contributed by atoms with Crippen LogP contribution < -0.4 is 43.4 Å². The molecule has 4 aromatic rings. The number of hydrogen-bond donors (Lipinski definition) is 11. The number of carbonyl (C=O) groups is 4. The van der Waals surface area contributed by atoms with Crippen LogP contribution in [-0.2, 0) is 34.9 Å². The van der Waals surface area contributed by atoms with Gasteiger partial charge in [-0.15, -0.1) is 0 Å². The Morgan fingerprint density at radius 2 is 0.774 bits per heavy atom. The number of nitrogens with two attached hydrogens (primary N) is 2. The number of amides is 8. The molecule has 8 aliphatic rings. The van der Waals surface area contributed by atoms with Crippen LogP contribution in [0.15, 0.2) is 97.1 Å². The van der Waals surface area contributed by atoms with Crippen LogP contribution >= 0.6 is 34.8 Å². The lowest BCUT2D eigenvalue weighted by atomic mass is 9.74. The predicted octanol–water partition coefficient (Wildman–Crippen LogP) is 20.6. The molecule has 4 aromatic carbocycles. The van der Waals surface area contributed by atoms with Crippen molar-refractivity contribution in [1.29, 1.82) is 0 Å². The molecule has 24 nitrogen and oxygen atoms in total. The first-order valence-electron chi connectivity index (χ1n) is 53.5. The highest BCUT2D eigenvalue weighted by molar-refractivity contribution is 6.31. The number of methoxy groups -OCH3 is 1. The molecule has 13 N–H and O–H groups in total. The van der Waals surface area contributed by atoms with E-state index >= 15 is 0 Å². The Morgan fingerprint density at radius 1 is 0.423 bits per heavy atom. The van der Waals surface area contributed by atoms with Crippen LogP contribution in [0.1, 0.15) is 305 Å². The van der Waals surface area contributed by atoms with E-state index in [1.165, 1.54) is 134 Å². The number of halogens is 4. The van der Waals surface area contributed by atoms with Crippen LogP contribution in [0.5, 0.6) is 0 Å². The van der Waals surface area contributed by atoms with Crippen molar-refractivity contribution in [3.63, 3.8) is 0 Å². The van der Waals surface area contributed by atoms with Crippen molar-refractivity contribution in [1.82, 2.24) is 51.5 Å². The van der Waals surface area contributed by atoms with E-state index in [1.807, 2.05) is 120 Å². The second kappa shape index (κ2) is 64.8. The van der Waals surface area contributed by atoms with E-state index in [0.717, 1.165) is 158 Å². The maximum atomic E-state index is 14.0. The van der Waals surface area contributed by atoms with Crippen molar-refractivity contribution in [2.24, 2.45) is 58.8 Å². The van der Waals surface area contributed by atoms with Gasteiger partial charge < -0.3 is 102 Å². The van der Waals surface area contributed by atoms with Gasteiger partial charge in [-0.1, -0.05) is 212 Å². The monoisotopic (exact) mass is 1970 g/mol. The normalized spacial score (nSPS) is 21.7. The number of ether oxygens (including phenoxy) is 5. The lowest BCUT2D eigenvalue weighted by Crippen LogP contribution is -2.54. The lowest BCUT2D eigenvalue weighted by Gasteiger charge is -2.43. The minimum absolute atomic E-state index is 0.0110. The van der Waals surface area contributed by atoms with E-state index in [-0.39, 0.29) is 96.6 Å². The van der Waals surface area contributed by atoms with Crippen LogP contribution in [0.25, 0.3) is 0 Å². The van der Waals surface area contributed by atoms with Crippen molar-refractivity contribution in [2.75, 3.05) is 153 Å². The van der Waals surface area contributed by atoms with Gasteiger partial charge in [-0.25, -0.2) is 23.6 Å². The number of nitrogens with one attached hydrogen (secondary N) is 6. The first kappa shape index (κ1) is 115. The molecular formula is C109H178Cl3FN12O12. The maximum absolute atomic E-state index is 14.0. The number of urea groups is 4. The molecule has 8 amide bonds. The predicted molar refractivity (Wildman–Crippen MR) is 552 cm³/mol. The molecule has 4 aliphatic heterocycles. The van der Waals surface area contributed by atoms with Crippen LogP contribution in [0.2, 0.25) is 15.1 Å². The first-order valence-corrected chi connectivity index (χ1v) is 54.6. The molecule has 8 fully saturated rings. The second-order valence-corrected chi connectivity index (χ2v) is 42.0. The number of carbonyl (C=O) groups excluding carboxylic acids is 4. The fraction of sp³-hybridized carbons (Fsp3) is 0.743. The summed E-state index contributed by atoms with van der Waals surface area (Å²) in [5.41, 5.74) is 13.5. The summed E-state index contributed by atoms with van der Waals surface area (Å²) in [7, 11) is 5.58. The Kier molecular flexibility index (Phi) is 54.3. The second-order valence-electron chi connectivity index (χ2n) is 40.7. The van der Waals surface area contributed by atoms with Crippen LogP contribution in [0, 0.1) is 53.2 Å². The average Bonchev–Trinajstić information content (AvgIpc) is 0.786. The van der Waals surface area contributed by atoms with Crippen LogP contribution in [0.4, 0.5) is 23.6 Å². The topological polar surface area (TPSA) is 312 Å².